The Kier molecular flexibility index (Phi) is 6.56. The number of carboxylic acid groups (broad SMARTS) is 1. The minimum atomic E-state index is -0.825. The van der Waals surface area contributed by atoms with Crippen LogP contribution >= 0.6 is 0 Å². The molecule has 0 heterocycles. The summed E-state index contributed by atoms with van der Waals surface area (Å²) in [4.78, 5) is 22.3. The molecule has 0 saturated heterocycles. The van der Waals surface area contributed by atoms with Gasteiger partial charge in [-0.3, -0.25) is 4.79 Å². The van der Waals surface area contributed by atoms with Gasteiger partial charge in [-0.2, -0.15) is 0 Å². The van der Waals surface area contributed by atoms with Crippen LogP contribution in [0.2, 0.25) is 0 Å². The van der Waals surface area contributed by atoms with Gasteiger partial charge >= 0.3 is 12.0 Å². The fraction of sp³-hybridized carbons (Fsp3) is 0.467. The summed E-state index contributed by atoms with van der Waals surface area (Å²) in [6, 6.07) is 7.14. The number of amides is 2. The van der Waals surface area contributed by atoms with Gasteiger partial charge in [-0.05, 0) is 37.5 Å². The van der Waals surface area contributed by atoms with Crippen molar-refractivity contribution in [2.75, 3.05) is 5.32 Å². The Morgan fingerprint density at radius 2 is 2.10 bits per heavy atom. The number of carbonyl (C=O) groups is 2. The first-order valence-electron chi connectivity index (χ1n) is 6.89. The third kappa shape index (κ3) is 6.22. The van der Waals surface area contributed by atoms with Gasteiger partial charge in [-0.1, -0.05) is 25.5 Å². The Morgan fingerprint density at radius 3 is 2.75 bits per heavy atom. The second kappa shape index (κ2) is 8.19. The Hall–Kier alpha value is -2.04. The van der Waals surface area contributed by atoms with Gasteiger partial charge in [0.25, 0.3) is 0 Å². The summed E-state index contributed by atoms with van der Waals surface area (Å²) in [6.07, 6.45) is 2.50. The van der Waals surface area contributed by atoms with E-state index < -0.39 is 5.97 Å². The Labute approximate surface area is 119 Å². The highest BCUT2D eigenvalue weighted by Crippen LogP contribution is 2.12. The van der Waals surface area contributed by atoms with E-state index >= 15 is 0 Å². The third-order valence-corrected chi connectivity index (χ3v) is 2.91. The van der Waals surface area contributed by atoms with Crippen molar-refractivity contribution in [3.8, 4) is 0 Å². The maximum Gasteiger partial charge on any atom is 0.319 e. The number of aliphatic carboxylic acids is 1. The van der Waals surface area contributed by atoms with Crippen LogP contribution in [0, 0.1) is 0 Å². The van der Waals surface area contributed by atoms with E-state index in [4.69, 9.17) is 5.11 Å². The fourth-order valence-corrected chi connectivity index (χ4v) is 1.95. The molecule has 0 aliphatic rings. The molecule has 1 atom stereocenters. The highest BCUT2D eigenvalue weighted by molar-refractivity contribution is 5.89. The summed E-state index contributed by atoms with van der Waals surface area (Å²) in [5.74, 6) is -0.825. The first kappa shape index (κ1) is 16.0. The average molecular weight is 278 g/mol. The van der Waals surface area contributed by atoms with Crippen molar-refractivity contribution in [2.24, 2.45) is 0 Å². The molecule has 1 unspecified atom stereocenters. The Bertz CT molecular complexity index is 460. The smallest absolute Gasteiger partial charge is 0.319 e. The Balaban J connectivity index is 2.52. The van der Waals surface area contributed by atoms with E-state index in [9.17, 15) is 9.59 Å². The highest BCUT2D eigenvalue weighted by atomic mass is 16.4. The van der Waals surface area contributed by atoms with Crippen LogP contribution in [-0.4, -0.2) is 23.1 Å². The standard InChI is InChI=1S/C15H22N2O3/c1-3-5-11(2)16-15(20)17-13-7-4-6-12(10-13)8-9-14(18)19/h4,6-7,10-11H,3,5,8-9H2,1-2H3,(H,18,19)(H2,16,17,20). The first-order chi connectivity index (χ1) is 9.51. The lowest BCUT2D eigenvalue weighted by atomic mass is 10.1. The van der Waals surface area contributed by atoms with E-state index in [1.807, 2.05) is 19.1 Å². The number of nitrogens with one attached hydrogen (secondary N) is 2. The molecule has 0 aliphatic carbocycles. The quantitative estimate of drug-likeness (QED) is 0.717. The molecule has 110 valence electrons. The molecule has 1 aromatic rings. The predicted octanol–water partition coefficient (Wildman–Crippen LogP) is 3.01. The minimum Gasteiger partial charge on any atom is -0.481 e. The van der Waals surface area contributed by atoms with Crippen LogP contribution in [0.15, 0.2) is 24.3 Å². The van der Waals surface area contributed by atoms with Gasteiger partial charge < -0.3 is 15.7 Å². The zero-order valence-electron chi connectivity index (χ0n) is 12.0. The zero-order valence-corrected chi connectivity index (χ0v) is 12.0. The van der Waals surface area contributed by atoms with Crippen molar-refractivity contribution in [3.63, 3.8) is 0 Å². The molecule has 0 bridgehead atoms. The van der Waals surface area contributed by atoms with Crippen molar-refractivity contribution in [1.29, 1.82) is 0 Å². The SMILES string of the molecule is CCCC(C)NC(=O)Nc1cccc(CCC(=O)O)c1. The molecule has 3 N–H and O–H groups in total. The Morgan fingerprint density at radius 1 is 1.35 bits per heavy atom. The van der Waals surface area contributed by atoms with E-state index in [0.717, 1.165) is 18.4 Å². The van der Waals surface area contributed by atoms with E-state index in [1.54, 1.807) is 12.1 Å². The van der Waals surface area contributed by atoms with Crippen LogP contribution < -0.4 is 10.6 Å². The highest BCUT2D eigenvalue weighted by Gasteiger charge is 2.07. The maximum absolute atomic E-state index is 11.8. The fourth-order valence-electron chi connectivity index (χ4n) is 1.95. The number of urea groups is 1. The van der Waals surface area contributed by atoms with Crippen molar-refractivity contribution < 1.29 is 14.7 Å². The zero-order chi connectivity index (χ0) is 15.0. The van der Waals surface area contributed by atoms with Crippen molar-refractivity contribution in [2.45, 2.75) is 45.6 Å². The number of rotatable bonds is 7. The summed E-state index contributed by atoms with van der Waals surface area (Å²) >= 11 is 0. The average Bonchev–Trinajstić information content (AvgIpc) is 2.36. The predicted molar refractivity (Wildman–Crippen MR) is 78.9 cm³/mol. The molecule has 5 nitrogen and oxygen atoms in total. The van der Waals surface area contributed by atoms with Crippen molar-refractivity contribution in [3.05, 3.63) is 29.8 Å². The molecule has 20 heavy (non-hydrogen) atoms. The maximum atomic E-state index is 11.8. The molecule has 0 aliphatic heterocycles. The lowest BCUT2D eigenvalue weighted by Crippen LogP contribution is -2.35. The van der Waals surface area contributed by atoms with Gasteiger partial charge in [0, 0.05) is 18.2 Å². The van der Waals surface area contributed by atoms with Crippen molar-refractivity contribution in [1.82, 2.24) is 5.32 Å². The molecular weight excluding hydrogens is 256 g/mol. The number of anilines is 1. The molecule has 1 aromatic carbocycles. The number of hydrogen-bond donors (Lipinski definition) is 3. The van der Waals surface area contributed by atoms with Gasteiger partial charge in [0.15, 0.2) is 0 Å². The lowest BCUT2D eigenvalue weighted by Gasteiger charge is -2.14. The number of aryl methyl sites for hydroxylation is 1. The molecular formula is C15H22N2O3. The second-order valence-corrected chi connectivity index (χ2v) is 4.88. The van der Waals surface area contributed by atoms with Crippen LogP contribution in [-0.2, 0) is 11.2 Å². The summed E-state index contributed by atoms with van der Waals surface area (Å²) in [7, 11) is 0. The summed E-state index contributed by atoms with van der Waals surface area (Å²) in [5, 5.41) is 14.3. The van der Waals surface area contributed by atoms with Crippen LogP contribution in [0.3, 0.4) is 0 Å². The number of benzene rings is 1. The first-order valence-corrected chi connectivity index (χ1v) is 6.89. The third-order valence-electron chi connectivity index (χ3n) is 2.91. The molecule has 0 spiro atoms. The summed E-state index contributed by atoms with van der Waals surface area (Å²) < 4.78 is 0. The van der Waals surface area contributed by atoms with Gasteiger partial charge in [0.05, 0.1) is 0 Å². The van der Waals surface area contributed by atoms with Crippen LogP contribution in [0.5, 0.6) is 0 Å². The molecule has 0 saturated carbocycles. The van der Waals surface area contributed by atoms with Gasteiger partial charge in [0.2, 0.25) is 0 Å². The number of carboxylic acids is 1. The largest absolute Gasteiger partial charge is 0.481 e. The lowest BCUT2D eigenvalue weighted by molar-refractivity contribution is -0.136. The van der Waals surface area contributed by atoms with Crippen molar-refractivity contribution >= 4 is 17.7 Å². The number of hydrogen-bond acceptors (Lipinski definition) is 2. The van der Waals surface area contributed by atoms with Crippen LogP contribution in [0.1, 0.15) is 38.7 Å². The minimum absolute atomic E-state index is 0.0865. The molecule has 1 rings (SSSR count). The van der Waals surface area contributed by atoms with Gasteiger partial charge in [-0.25, -0.2) is 4.79 Å². The normalized spacial score (nSPS) is 11.7. The van der Waals surface area contributed by atoms with Crippen LogP contribution in [0.25, 0.3) is 0 Å². The monoisotopic (exact) mass is 278 g/mol. The molecule has 0 fully saturated rings. The topological polar surface area (TPSA) is 78.4 Å². The van der Waals surface area contributed by atoms with Crippen LogP contribution in [0.4, 0.5) is 10.5 Å². The molecule has 2 amide bonds. The second-order valence-electron chi connectivity index (χ2n) is 4.88. The van der Waals surface area contributed by atoms with Gasteiger partial charge in [-0.15, -0.1) is 0 Å². The van der Waals surface area contributed by atoms with Gasteiger partial charge in [0.1, 0.15) is 0 Å². The molecule has 0 aromatic heterocycles. The van der Waals surface area contributed by atoms with E-state index in [2.05, 4.69) is 17.6 Å². The summed E-state index contributed by atoms with van der Waals surface area (Å²) in [5.41, 5.74) is 1.57. The van der Waals surface area contributed by atoms with E-state index in [-0.39, 0.29) is 18.5 Å². The number of carbonyl (C=O) groups excluding carboxylic acids is 1. The molecule has 5 heteroatoms. The van der Waals surface area contributed by atoms with E-state index in [0.29, 0.717) is 12.1 Å². The molecule has 0 radical (unpaired) electrons. The van der Waals surface area contributed by atoms with E-state index in [1.165, 1.54) is 0 Å². The summed E-state index contributed by atoms with van der Waals surface area (Å²) in [6.45, 7) is 4.04.